The molecule has 1 saturated heterocycles. The fourth-order valence-corrected chi connectivity index (χ4v) is 3.60. The van der Waals surface area contributed by atoms with Crippen molar-refractivity contribution in [2.75, 3.05) is 36.4 Å². The fraction of sp³-hybridized carbons (Fsp3) is 0.217. The molecule has 0 atom stereocenters. The molecule has 1 aromatic heterocycles. The van der Waals surface area contributed by atoms with Gasteiger partial charge in [0.2, 0.25) is 5.88 Å². The summed E-state index contributed by atoms with van der Waals surface area (Å²) in [4.78, 5) is 27.7. The Hall–Kier alpha value is -4.29. The molecular formula is C23H18F5N5O3. The molecule has 1 aliphatic rings. The van der Waals surface area contributed by atoms with E-state index < -0.39 is 46.6 Å². The highest BCUT2D eigenvalue weighted by Gasteiger charge is 2.36. The molecule has 0 unspecified atom stereocenters. The molecule has 8 nitrogen and oxygen atoms in total. The predicted molar refractivity (Wildman–Crippen MR) is 118 cm³/mol. The van der Waals surface area contributed by atoms with E-state index in [1.54, 1.807) is 4.90 Å². The van der Waals surface area contributed by atoms with Crippen molar-refractivity contribution in [2.24, 2.45) is 0 Å². The Morgan fingerprint density at radius 1 is 0.861 bits per heavy atom. The maximum absolute atomic E-state index is 13.6. The number of piperazine rings is 1. The van der Waals surface area contributed by atoms with Crippen molar-refractivity contribution < 1.29 is 36.3 Å². The van der Waals surface area contributed by atoms with Crippen LogP contribution in [-0.2, 0) is 6.18 Å². The maximum atomic E-state index is 13.6. The molecule has 36 heavy (non-hydrogen) atoms. The van der Waals surface area contributed by atoms with Gasteiger partial charge in [-0.3, -0.25) is 10.1 Å². The van der Waals surface area contributed by atoms with E-state index in [0.29, 0.717) is 5.82 Å². The minimum absolute atomic E-state index is 0.154. The van der Waals surface area contributed by atoms with Crippen molar-refractivity contribution in [1.82, 2.24) is 15.1 Å². The number of halogens is 5. The number of hydrogen-bond donors (Lipinski definition) is 1. The Morgan fingerprint density at radius 2 is 1.53 bits per heavy atom. The number of aromatic nitrogens is 2. The Labute approximate surface area is 201 Å². The van der Waals surface area contributed by atoms with Crippen LogP contribution in [0.25, 0.3) is 0 Å². The molecule has 13 heteroatoms. The summed E-state index contributed by atoms with van der Waals surface area (Å²) in [6.07, 6.45) is -5.82. The zero-order chi connectivity index (χ0) is 25.9. The molecule has 2 aromatic carbocycles. The second-order valence-corrected chi connectivity index (χ2v) is 7.66. The van der Waals surface area contributed by atoms with Crippen molar-refractivity contribution in [1.29, 1.82) is 0 Å². The van der Waals surface area contributed by atoms with E-state index in [1.165, 1.54) is 29.2 Å². The summed E-state index contributed by atoms with van der Waals surface area (Å²) in [5.41, 5.74) is -2.06. The van der Waals surface area contributed by atoms with Gasteiger partial charge in [0.05, 0.1) is 11.1 Å². The van der Waals surface area contributed by atoms with Crippen molar-refractivity contribution in [2.45, 2.75) is 6.18 Å². The molecule has 1 aliphatic heterocycles. The second-order valence-electron chi connectivity index (χ2n) is 7.66. The van der Waals surface area contributed by atoms with Crippen LogP contribution in [0, 0.1) is 11.6 Å². The Kier molecular flexibility index (Phi) is 6.99. The average Bonchev–Trinajstić information content (AvgIpc) is 2.86. The SMILES string of the molecule is O=C(Nc1c(F)cccc1F)Oc1ccc(N2CCN(C(=O)c3ccccc3C(F)(F)F)CC2)nn1. The van der Waals surface area contributed by atoms with Gasteiger partial charge in [0, 0.05) is 32.2 Å². The van der Waals surface area contributed by atoms with Crippen LogP contribution in [0.2, 0.25) is 0 Å². The highest BCUT2D eigenvalue weighted by atomic mass is 19.4. The number of hydrogen-bond acceptors (Lipinski definition) is 6. The molecule has 188 valence electrons. The monoisotopic (exact) mass is 507 g/mol. The quantitative estimate of drug-likeness (QED) is 0.529. The lowest BCUT2D eigenvalue weighted by molar-refractivity contribution is -0.138. The van der Waals surface area contributed by atoms with Crippen molar-refractivity contribution >= 4 is 23.5 Å². The van der Waals surface area contributed by atoms with Crippen molar-refractivity contribution in [3.8, 4) is 5.88 Å². The van der Waals surface area contributed by atoms with Gasteiger partial charge in [-0.05, 0) is 30.3 Å². The number of amides is 2. The normalized spacial score (nSPS) is 13.9. The lowest BCUT2D eigenvalue weighted by Gasteiger charge is -2.35. The summed E-state index contributed by atoms with van der Waals surface area (Å²) >= 11 is 0. The summed E-state index contributed by atoms with van der Waals surface area (Å²) in [7, 11) is 0. The summed E-state index contributed by atoms with van der Waals surface area (Å²) in [6, 6.07) is 10.5. The molecule has 1 N–H and O–H groups in total. The van der Waals surface area contributed by atoms with Crippen molar-refractivity contribution in [3.05, 3.63) is 77.4 Å². The van der Waals surface area contributed by atoms with Crippen LogP contribution in [0.1, 0.15) is 15.9 Å². The van der Waals surface area contributed by atoms with Crippen LogP contribution in [0.3, 0.4) is 0 Å². The molecule has 0 aliphatic carbocycles. The van der Waals surface area contributed by atoms with Gasteiger partial charge >= 0.3 is 12.3 Å². The summed E-state index contributed by atoms with van der Waals surface area (Å²) in [5.74, 6) is -2.52. The predicted octanol–water partition coefficient (Wildman–Crippen LogP) is 4.35. The fourth-order valence-electron chi connectivity index (χ4n) is 3.60. The zero-order valence-electron chi connectivity index (χ0n) is 18.4. The van der Waals surface area contributed by atoms with Gasteiger partial charge in [-0.1, -0.05) is 18.2 Å². The van der Waals surface area contributed by atoms with Crippen LogP contribution in [-0.4, -0.2) is 53.3 Å². The number of carbonyl (C=O) groups excluding carboxylic acids is 2. The van der Waals surface area contributed by atoms with Crippen molar-refractivity contribution in [3.63, 3.8) is 0 Å². The molecule has 1 fully saturated rings. The van der Waals surface area contributed by atoms with Gasteiger partial charge in [0.1, 0.15) is 17.3 Å². The summed E-state index contributed by atoms with van der Waals surface area (Å²) < 4.78 is 71.9. The number of carbonyl (C=O) groups is 2. The first-order valence-corrected chi connectivity index (χ1v) is 10.6. The van der Waals surface area contributed by atoms with Gasteiger partial charge < -0.3 is 14.5 Å². The number of benzene rings is 2. The van der Waals surface area contributed by atoms with E-state index in [4.69, 9.17) is 4.74 Å². The lowest BCUT2D eigenvalue weighted by Crippen LogP contribution is -2.49. The Balaban J connectivity index is 1.34. The molecule has 0 spiro atoms. The van der Waals surface area contributed by atoms with E-state index in [0.717, 1.165) is 30.3 Å². The van der Waals surface area contributed by atoms with E-state index in [-0.39, 0.29) is 32.1 Å². The van der Waals surface area contributed by atoms with Crippen LogP contribution in [0.5, 0.6) is 5.88 Å². The molecule has 0 bridgehead atoms. The first kappa shape index (κ1) is 24.8. The first-order valence-electron chi connectivity index (χ1n) is 10.6. The standard InChI is InChI=1S/C23H18F5N5O3/c24-16-6-3-7-17(25)20(16)29-22(35)36-19-9-8-18(30-31-19)32-10-12-33(13-11-32)21(34)14-4-1-2-5-15(14)23(26,27)28/h1-9H,10-13H2,(H,29,35). The van der Waals surface area contributed by atoms with Crippen LogP contribution in [0.15, 0.2) is 54.6 Å². The van der Waals surface area contributed by atoms with Gasteiger partial charge in [-0.25, -0.2) is 13.6 Å². The molecule has 4 rings (SSSR count). The van der Waals surface area contributed by atoms with Crippen LogP contribution >= 0.6 is 0 Å². The number of para-hydroxylation sites is 1. The van der Waals surface area contributed by atoms with Gasteiger partial charge in [0.25, 0.3) is 5.91 Å². The van der Waals surface area contributed by atoms with Gasteiger partial charge in [-0.2, -0.15) is 13.2 Å². The molecule has 0 saturated carbocycles. The smallest absolute Gasteiger partial charge is 0.389 e. The number of anilines is 2. The van der Waals surface area contributed by atoms with Crippen LogP contribution < -0.4 is 15.0 Å². The van der Waals surface area contributed by atoms with E-state index >= 15 is 0 Å². The van der Waals surface area contributed by atoms with Gasteiger partial charge in [-0.15, -0.1) is 10.2 Å². The third-order valence-electron chi connectivity index (χ3n) is 5.37. The number of rotatable bonds is 4. The van der Waals surface area contributed by atoms with E-state index in [9.17, 15) is 31.5 Å². The molecule has 0 radical (unpaired) electrons. The number of ether oxygens (including phenoxy) is 1. The van der Waals surface area contributed by atoms with Crippen LogP contribution in [0.4, 0.5) is 38.3 Å². The summed E-state index contributed by atoms with van der Waals surface area (Å²) in [5, 5.41) is 9.65. The largest absolute Gasteiger partial charge is 0.418 e. The number of alkyl halides is 3. The van der Waals surface area contributed by atoms with E-state index in [2.05, 4.69) is 10.2 Å². The van der Waals surface area contributed by atoms with E-state index in [1.807, 2.05) is 5.32 Å². The molecule has 2 heterocycles. The number of nitrogens with zero attached hydrogens (tertiary/aromatic N) is 4. The lowest BCUT2D eigenvalue weighted by atomic mass is 10.1. The second kappa shape index (κ2) is 10.1. The molecular weight excluding hydrogens is 489 g/mol. The zero-order valence-corrected chi connectivity index (χ0v) is 18.4. The summed E-state index contributed by atoms with van der Waals surface area (Å²) in [6.45, 7) is 0.868. The molecule has 3 aromatic rings. The molecule has 2 amide bonds. The van der Waals surface area contributed by atoms with Gasteiger partial charge in [0.15, 0.2) is 5.82 Å². The number of nitrogens with one attached hydrogen (secondary N) is 1. The minimum Gasteiger partial charge on any atom is -0.389 e. The minimum atomic E-state index is -4.65. The average molecular weight is 507 g/mol. The highest BCUT2D eigenvalue weighted by Crippen LogP contribution is 2.32. The Bertz CT molecular complexity index is 1240. The third-order valence-corrected chi connectivity index (χ3v) is 5.37. The maximum Gasteiger partial charge on any atom is 0.418 e. The highest BCUT2D eigenvalue weighted by molar-refractivity contribution is 5.96. The Morgan fingerprint density at radius 3 is 2.14 bits per heavy atom. The topological polar surface area (TPSA) is 87.7 Å². The third kappa shape index (κ3) is 5.50. The first-order chi connectivity index (χ1) is 17.1.